The smallest absolute Gasteiger partial charge is 0.227 e. The molecule has 1 aromatic carbocycles. The molecular weight excluding hydrogens is 493 g/mol. The molecule has 1 aliphatic carbocycles. The Bertz CT molecular complexity index is 673. The van der Waals surface area contributed by atoms with Crippen molar-refractivity contribution in [2.24, 2.45) is 16.6 Å². The van der Waals surface area contributed by atoms with E-state index in [9.17, 15) is 4.79 Å². The van der Waals surface area contributed by atoms with Crippen molar-refractivity contribution in [3.05, 3.63) is 29.8 Å². The van der Waals surface area contributed by atoms with E-state index in [4.69, 9.17) is 10.5 Å². The summed E-state index contributed by atoms with van der Waals surface area (Å²) in [6.07, 6.45) is 6.60. The zero-order valence-corrected chi connectivity index (χ0v) is 20.1. The maximum absolute atomic E-state index is 12.4. The van der Waals surface area contributed by atoms with Gasteiger partial charge in [0, 0.05) is 31.2 Å². The normalized spacial score (nSPS) is 18.5. The highest BCUT2D eigenvalue weighted by atomic mass is 127. The van der Waals surface area contributed by atoms with Crippen LogP contribution in [-0.4, -0.2) is 56.2 Å². The monoisotopic (exact) mass is 529 g/mol. The van der Waals surface area contributed by atoms with Crippen LogP contribution < -0.4 is 16.4 Å². The van der Waals surface area contributed by atoms with E-state index in [1.165, 1.54) is 6.42 Å². The standard InChI is InChI=1S/C22H35N5O2.HI/c23-22(24-10-5-11-27-12-14-29-15-13-27)25-17-18-6-4-9-20(16-18)26-21(28)19-7-2-1-3-8-19;/h4,6,9,16,19H,1-3,5,7-8,10-15,17H2,(H,26,28)(H3,23,24,25);1H. The molecule has 30 heavy (non-hydrogen) atoms. The number of ether oxygens (including phenoxy) is 1. The van der Waals surface area contributed by atoms with Gasteiger partial charge >= 0.3 is 0 Å². The minimum Gasteiger partial charge on any atom is -0.379 e. The van der Waals surface area contributed by atoms with Gasteiger partial charge in [-0.25, -0.2) is 4.99 Å². The number of anilines is 1. The van der Waals surface area contributed by atoms with Crippen LogP contribution in [0.5, 0.6) is 0 Å². The SMILES string of the molecule is I.NC(=NCc1cccc(NC(=O)C2CCCCC2)c1)NCCCN1CCOCC1. The number of guanidine groups is 1. The Morgan fingerprint density at radius 1 is 1.20 bits per heavy atom. The van der Waals surface area contributed by atoms with E-state index in [0.29, 0.717) is 12.5 Å². The van der Waals surface area contributed by atoms with Gasteiger partial charge in [0.15, 0.2) is 5.96 Å². The Kier molecular flexibility index (Phi) is 11.5. The minimum absolute atomic E-state index is 0. The Balaban J connectivity index is 0.00000320. The summed E-state index contributed by atoms with van der Waals surface area (Å²) in [5.74, 6) is 0.762. The van der Waals surface area contributed by atoms with E-state index >= 15 is 0 Å². The molecule has 1 aromatic rings. The highest BCUT2D eigenvalue weighted by Gasteiger charge is 2.21. The fourth-order valence-electron chi connectivity index (χ4n) is 3.93. The van der Waals surface area contributed by atoms with Crippen molar-refractivity contribution >= 4 is 41.5 Å². The van der Waals surface area contributed by atoms with Gasteiger partial charge in [0.1, 0.15) is 0 Å². The second kappa shape index (κ2) is 13.8. The molecule has 7 nitrogen and oxygen atoms in total. The average molecular weight is 529 g/mol. The zero-order chi connectivity index (χ0) is 20.3. The molecule has 2 fully saturated rings. The fraction of sp³-hybridized carbons (Fsp3) is 0.636. The van der Waals surface area contributed by atoms with E-state index < -0.39 is 0 Å². The third-order valence-corrected chi connectivity index (χ3v) is 5.66. The maximum atomic E-state index is 12.4. The Morgan fingerprint density at radius 2 is 1.97 bits per heavy atom. The molecule has 0 aromatic heterocycles. The molecule has 1 heterocycles. The van der Waals surface area contributed by atoms with E-state index in [-0.39, 0.29) is 35.8 Å². The third-order valence-electron chi connectivity index (χ3n) is 5.66. The molecule has 0 bridgehead atoms. The van der Waals surface area contributed by atoms with Gasteiger partial charge in [0.05, 0.1) is 19.8 Å². The van der Waals surface area contributed by atoms with Gasteiger partial charge in [-0.1, -0.05) is 31.4 Å². The highest BCUT2D eigenvalue weighted by Crippen LogP contribution is 2.25. The molecular formula is C22H36IN5O2. The highest BCUT2D eigenvalue weighted by molar-refractivity contribution is 14.0. The van der Waals surface area contributed by atoms with Crippen molar-refractivity contribution < 1.29 is 9.53 Å². The molecule has 0 atom stereocenters. The maximum Gasteiger partial charge on any atom is 0.227 e. The minimum atomic E-state index is 0. The molecule has 4 N–H and O–H groups in total. The van der Waals surface area contributed by atoms with Gasteiger partial charge in [-0.15, -0.1) is 24.0 Å². The molecule has 2 aliphatic rings. The van der Waals surface area contributed by atoms with E-state index in [1.54, 1.807) is 0 Å². The van der Waals surface area contributed by atoms with Gasteiger partial charge < -0.3 is 21.1 Å². The van der Waals surface area contributed by atoms with Crippen molar-refractivity contribution in [1.82, 2.24) is 10.2 Å². The van der Waals surface area contributed by atoms with Crippen LogP contribution in [0, 0.1) is 5.92 Å². The van der Waals surface area contributed by atoms with Crippen LogP contribution in [0.3, 0.4) is 0 Å². The molecule has 0 unspecified atom stereocenters. The van der Waals surface area contributed by atoms with Crippen LogP contribution in [0.1, 0.15) is 44.1 Å². The molecule has 8 heteroatoms. The van der Waals surface area contributed by atoms with Crippen LogP contribution >= 0.6 is 24.0 Å². The molecule has 1 amide bonds. The number of nitrogens with two attached hydrogens (primary N) is 1. The zero-order valence-electron chi connectivity index (χ0n) is 17.8. The van der Waals surface area contributed by atoms with Crippen LogP contribution in [0.2, 0.25) is 0 Å². The summed E-state index contributed by atoms with van der Waals surface area (Å²) >= 11 is 0. The number of aliphatic imine (C=N–C) groups is 1. The van der Waals surface area contributed by atoms with E-state index in [2.05, 4.69) is 20.5 Å². The van der Waals surface area contributed by atoms with Gasteiger partial charge in [0.25, 0.3) is 0 Å². The average Bonchev–Trinajstić information content (AvgIpc) is 2.77. The summed E-state index contributed by atoms with van der Waals surface area (Å²) in [6.45, 7) is 6.04. The van der Waals surface area contributed by atoms with Crippen molar-refractivity contribution in [2.45, 2.75) is 45.1 Å². The number of halogens is 1. The lowest BCUT2D eigenvalue weighted by Crippen LogP contribution is -2.39. The van der Waals surface area contributed by atoms with Crippen molar-refractivity contribution in [1.29, 1.82) is 0 Å². The number of hydrogen-bond donors (Lipinski definition) is 3. The van der Waals surface area contributed by atoms with Crippen molar-refractivity contribution in [3.63, 3.8) is 0 Å². The molecule has 1 aliphatic heterocycles. The number of carbonyl (C=O) groups excluding carboxylic acids is 1. The number of carbonyl (C=O) groups is 1. The Hall–Kier alpha value is -1.39. The number of nitrogens with one attached hydrogen (secondary N) is 2. The predicted octanol–water partition coefficient (Wildman–Crippen LogP) is 2.95. The largest absolute Gasteiger partial charge is 0.379 e. The number of amides is 1. The van der Waals surface area contributed by atoms with Crippen LogP contribution in [0.15, 0.2) is 29.3 Å². The molecule has 3 rings (SSSR count). The summed E-state index contributed by atoms with van der Waals surface area (Å²) in [5, 5.41) is 6.25. The van der Waals surface area contributed by atoms with Gasteiger partial charge in [-0.05, 0) is 43.5 Å². The van der Waals surface area contributed by atoms with Crippen LogP contribution in [0.25, 0.3) is 0 Å². The van der Waals surface area contributed by atoms with Crippen molar-refractivity contribution in [3.8, 4) is 0 Å². The lowest BCUT2D eigenvalue weighted by molar-refractivity contribution is -0.120. The molecule has 168 valence electrons. The topological polar surface area (TPSA) is 92.0 Å². The quantitative estimate of drug-likeness (QED) is 0.209. The predicted molar refractivity (Wildman–Crippen MR) is 132 cm³/mol. The first-order valence-electron chi connectivity index (χ1n) is 10.9. The van der Waals surface area contributed by atoms with Crippen LogP contribution in [-0.2, 0) is 16.1 Å². The molecule has 0 radical (unpaired) electrons. The van der Waals surface area contributed by atoms with Gasteiger partial charge in [-0.2, -0.15) is 0 Å². The molecule has 0 spiro atoms. The molecule has 1 saturated carbocycles. The van der Waals surface area contributed by atoms with Crippen molar-refractivity contribution in [2.75, 3.05) is 44.7 Å². The first kappa shape index (κ1) is 24.9. The summed E-state index contributed by atoms with van der Waals surface area (Å²) in [4.78, 5) is 19.3. The van der Waals surface area contributed by atoms with E-state index in [0.717, 1.165) is 82.7 Å². The summed E-state index contributed by atoms with van der Waals surface area (Å²) in [6, 6.07) is 7.87. The molecule has 1 saturated heterocycles. The van der Waals surface area contributed by atoms with E-state index in [1.807, 2.05) is 24.3 Å². The number of rotatable bonds is 8. The number of nitrogens with zero attached hydrogens (tertiary/aromatic N) is 2. The second-order valence-electron chi connectivity index (χ2n) is 7.96. The number of hydrogen-bond acceptors (Lipinski definition) is 4. The summed E-state index contributed by atoms with van der Waals surface area (Å²) in [7, 11) is 0. The van der Waals surface area contributed by atoms with Gasteiger partial charge in [-0.3, -0.25) is 9.69 Å². The number of benzene rings is 1. The number of morpholine rings is 1. The fourth-order valence-corrected chi connectivity index (χ4v) is 3.93. The first-order chi connectivity index (χ1) is 14.2. The summed E-state index contributed by atoms with van der Waals surface area (Å²) < 4.78 is 5.36. The lowest BCUT2D eigenvalue weighted by Gasteiger charge is -2.26. The second-order valence-corrected chi connectivity index (χ2v) is 7.96. The lowest BCUT2D eigenvalue weighted by atomic mass is 9.88. The summed E-state index contributed by atoms with van der Waals surface area (Å²) in [5.41, 5.74) is 7.86. The van der Waals surface area contributed by atoms with Gasteiger partial charge in [0.2, 0.25) is 5.91 Å². The third kappa shape index (κ3) is 8.77. The Labute approximate surface area is 197 Å². The first-order valence-corrected chi connectivity index (χ1v) is 10.9. The Morgan fingerprint density at radius 3 is 2.73 bits per heavy atom. The van der Waals surface area contributed by atoms with Crippen LogP contribution in [0.4, 0.5) is 5.69 Å².